The Hall–Kier alpha value is -1.57. The van der Waals surface area contributed by atoms with E-state index in [9.17, 15) is 18.0 Å². The summed E-state index contributed by atoms with van der Waals surface area (Å²) in [7, 11) is -3.26. The highest BCUT2D eigenvalue weighted by molar-refractivity contribution is 7.90. The molecule has 0 radical (unpaired) electrons. The third-order valence-electron chi connectivity index (χ3n) is 3.31. The third-order valence-corrected chi connectivity index (χ3v) is 4.29. The molecule has 0 saturated heterocycles. The van der Waals surface area contributed by atoms with E-state index in [0.717, 1.165) is 25.5 Å². The van der Waals surface area contributed by atoms with Crippen LogP contribution >= 0.6 is 0 Å². The first-order chi connectivity index (χ1) is 9.78. The van der Waals surface area contributed by atoms with Crippen LogP contribution in [-0.4, -0.2) is 50.1 Å². The molecule has 1 aliphatic carbocycles. The number of carbonyl (C=O) groups excluding carboxylic acids is 1. The van der Waals surface area contributed by atoms with Crippen molar-refractivity contribution in [1.29, 1.82) is 0 Å². The topological polar surface area (TPSA) is 113 Å². The summed E-state index contributed by atoms with van der Waals surface area (Å²) >= 11 is 0. The highest BCUT2D eigenvalue weighted by Gasteiger charge is 2.22. The van der Waals surface area contributed by atoms with Crippen molar-refractivity contribution < 1.29 is 23.1 Å². The van der Waals surface area contributed by atoms with Gasteiger partial charge in [0.1, 0.15) is 15.9 Å². The molecule has 21 heavy (non-hydrogen) atoms. The number of urea groups is 1. The Kier molecular flexibility index (Phi) is 6.67. The first-order valence-electron chi connectivity index (χ1n) is 6.88. The molecule has 0 saturated carbocycles. The molecule has 0 aliphatic heterocycles. The van der Waals surface area contributed by atoms with E-state index in [1.54, 1.807) is 0 Å². The predicted molar refractivity (Wildman–Crippen MR) is 78.8 cm³/mol. The molecule has 120 valence electrons. The lowest BCUT2D eigenvalue weighted by Gasteiger charge is -2.19. The molecule has 1 aliphatic rings. The Bertz CT molecular complexity index is 501. The van der Waals surface area contributed by atoms with Crippen molar-refractivity contribution in [2.45, 2.75) is 31.7 Å². The SMILES string of the molecule is CS(=O)(=O)CCC(NC(=O)NCC1CC=CCC1)C(=O)O. The Morgan fingerprint density at radius 2 is 2.10 bits per heavy atom. The van der Waals surface area contributed by atoms with E-state index in [-0.39, 0.29) is 12.2 Å². The number of amides is 2. The highest BCUT2D eigenvalue weighted by atomic mass is 32.2. The van der Waals surface area contributed by atoms with Crippen molar-refractivity contribution in [3.63, 3.8) is 0 Å². The number of allylic oxidation sites excluding steroid dienone is 2. The van der Waals surface area contributed by atoms with Crippen LogP contribution in [0.4, 0.5) is 4.79 Å². The van der Waals surface area contributed by atoms with E-state index in [0.29, 0.717) is 12.5 Å². The van der Waals surface area contributed by atoms with Gasteiger partial charge in [0.05, 0.1) is 5.75 Å². The van der Waals surface area contributed by atoms with E-state index in [1.165, 1.54) is 0 Å². The van der Waals surface area contributed by atoms with Gasteiger partial charge in [0.15, 0.2) is 0 Å². The lowest BCUT2D eigenvalue weighted by Crippen LogP contribution is -2.47. The summed E-state index contributed by atoms with van der Waals surface area (Å²) in [6.07, 6.45) is 7.93. The number of aliphatic carboxylic acids is 1. The minimum absolute atomic E-state index is 0.145. The molecule has 0 spiro atoms. The average molecular weight is 318 g/mol. The van der Waals surface area contributed by atoms with Crippen LogP contribution in [0.15, 0.2) is 12.2 Å². The van der Waals surface area contributed by atoms with Gasteiger partial charge in [-0.3, -0.25) is 0 Å². The summed E-state index contributed by atoms with van der Waals surface area (Å²) in [6, 6.07) is -1.78. The van der Waals surface area contributed by atoms with Gasteiger partial charge >= 0.3 is 12.0 Å². The quantitative estimate of drug-likeness (QED) is 0.593. The van der Waals surface area contributed by atoms with Gasteiger partial charge in [-0.2, -0.15) is 0 Å². The molecule has 3 N–H and O–H groups in total. The third kappa shape index (κ3) is 7.69. The van der Waals surface area contributed by atoms with Crippen LogP contribution in [0.1, 0.15) is 25.7 Å². The molecule has 2 atom stereocenters. The average Bonchev–Trinajstić information content (AvgIpc) is 2.41. The van der Waals surface area contributed by atoms with Crippen LogP contribution in [0.5, 0.6) is 0 Å². The van der Waals surface area contributed by atoms with Crippen molar-refractivity contribution >= 4 is 21.8 Å². The molecular formula is C13H22N2O5S. The monoisotopic (exact) mass is 318 g/mol. The van der Waals surface area contributed by atoms with Gasteiger partial charge in [-0.05, 0) is 31.6 Å². The molecule has 2 unspecified atom stereocenters. The normalized spacial score (nSPS) is 19.8. The minimum atomic E-state index is -3.26. The van der Waals surface area contributed by atoms with Gasteiger partial charge in [0.25, 0.3) is 0 Å². The molecule has 0 heterocycles. The molecular weight excluding hydrogens is 296 g/mol. The van der Waals surface area contributed by atoms with E-state index < -0.39 is 27.9 Å². The smallest absolute Gasteiger partial charge is 0.326 e. The van der Waals surface area contributed by atoms with Crippen LogP contribution in [0, 0.1) is 5.92 Å². The fourth-order valence-corrected chi connectivity index (χ4v) is 2.74. The molecule has 8 heteroatoms. The van der Waals surface area contributed by atoms with Crippen molar-refractivity contribution in [3.8, 4) is 0 Å². The van der Waals surface area contributed by atoms with Crippen molar-refractivity contribution in [2.24, 2.45) is 5.92 Å². The van der Waals surface area contributed by atoms with Gasteiger partial charge < -0.3 is 15.7 Å². The summed E-state index contributed by atoms with van der Waals surface area (Å²) in [5.41, 5.74) is 0. The van der Waals surface area contributed by atoms with Crippen molar-refractivity contribution in [1.82, 2.24) is 10.6 Å². The van der Waals surface area contributed by atoms with Gasteiger partial charge in [-0.1, -0.05) is 12.2 Å². The second-order valence-electron chi connectivity index (χ2n) is 5.31. The standard InChI is InChI=1S/C13H22N2O5S/c1-21(19,20)8-7-11(12(16)17)15-13(18)14-9-10-5-3-2-4-6-10/h2-3,10-11H,4-9H2,1H3,(H,16,17)(H2,14,15,18). The Balaban J connectivity index is 2.37. The first kappa shape index (κ1) is 17.5. The Morgan fingerprint density at radius 3 is 2.62 bits per heavy atom. The molecule has 0 bridgehead atoms. The van der Waals surface area contributed by atoms with Crippen molar-refractivity contribution in [3.05, 3.63) is 12.2 Å². The first-order valence-corrected chi connectivity index (χ1v) is 8.94. The van der Waals surface area contributed by atoms with Crippen LogP contribution in [-0.2, 0) is 14.6 Å². The highest BCUT2D eigenvalue weighted by Crippen LogP contribution is 2.16. The Labute approximate surface area is 124 Å². The van der Waals surface area contributed by atoms with Crippen LogP contribution in [0.2, 0.25) is 0 Å². The number of carbonyl (C=O) groups is 2. The zero-order valence-corrected chi connectivity index (χ0v) is 12.9. The molecule has 0 aromatic heterocycles. The maximum atomic E-state index is 11.7. The zero-order valence-electron chi connectivity index (χ0n) is 12.0. The summed E-state index contributed by atoms with van der Waals surface area (Å²) in [5, 5.41) is 13.9. The molecule has 7 nitrogen and oxygen atoms in total. The summed E-state index contributed by atoms with van der Waals surface area (Å²) in [5.74, 6) is -1.16. The number of sulfone groups is 1. The van der Waals surface area contributed by atoms with E-state index >= 15 is 0 Å². The van der Waals surface area contributed by atoms with Gasteiger partial charge in [0, 0.05) is 12.8 Å². The van der Waals surface area contributed by atoms with Crippen LogP contribution in [0.25, 0.3) is 0 Å². The Morgan fingerprint density at radius 1 is 1.38 bits per heavy atom. The molecule has 0 aromatic rings. The summed E-state index contributed by atoms with van der Waals surface area (Å²) in [6.45, 7) is 0.481. The van der Waals surface area contributed by atoms with Gasteiger partial charge in [-0.15, -0.1) is 0 Å². The summed E-state index contributed by atoms with van der Waals surface area (Å²) in [4.78, 5) is 22.7. The number of carboxylic acid groups (broad SMARTS) is 1. The van der Waals surface area contributed by atoms with E-state index in [4.69, 9.17) is 5.11 Å². The number of rotatable bonds is 7. The molecule has 0 fully saturated rings. The zero-order chi connectivity index (χ0) is 15.9. The molecule has 1 rings (SSSR count). The lowest BCUT2D eigenvalue weighted by molar-refractivity contribution is -0.139. The summed E-state index contributed by atoms with van der Waals surface area (Å²) < 4.78 is 22.1. The second-order valence-corrected chi connectivity index (χ2v) is 7.57. The van der Waals surface area contributed by atoms with Gasteiger partial charge in [-0.25, -0.2) is 18.0 Å². The number of hydrogen-bond donors (Lipinski definition) is 3. The van der Waals surface area contributed by atoms with Crippen molar-refractivity contribution in [2.75, 3.05) is 18.6 Å². The fraction of sp³-hybridized carbons (Fsp3) is 0.692. The molecule has 2 amide bonds. The van der Waals surface area contributed by atoms with E-state index in [1.807, 2.05) is 0 Å². The number of nitrogens with one attached hydrogen (secondary N) is 2. The second kappa shape index (κ2) is 8.02. The fourth-order valence-electron chi connectivity index (χ4n) is 2.08. The lowest BCUT2D eigenvalue weighted by atomic mass is 9.94. The van der Waals surface area contributed by atoms with Crippen LogP contribution < -0.4 is 10.6 Å². The number of hydrogen-bond acceptors (Lipinski definition) is 4. The predicted octanol–water partition coefficient (Wildman–Crippen LogP) is 0.530. The van der Waals surface area contributed by atoms with E-state index in [2.05, 4.69) is 22.8 Å². The molecule has 0 aromatic carbocycles. The number of carboxylic acids is 1. The minimum Gasteiger partial charge on any atom is -0.480 e. The van der Waals surface area contributed by atoms with Crippen LogP contribution in [0.3, 0.4) is 0 Å². The largest absolute Gasteiger partial charge is 0.480 e. The maximum Gasteiger partial charge on any atom is 0.326 e. The maximum absolute atomic E-state index is 11.7. The van der Waals surface area contributed by atoms with Gasteiger partial charge in [0.2, 0.25) is 0 Å².